The first-order valence-corrected chi connectivity index (χ1v) is 8.12. The number of rotatable bonds is 3. The van der Waals surface area contributed by atoms with Gasteiger partial charge in [0.05, 0.1) is 6.04 Å². The molecule has 0 saturated carbocycles. The molecule has 0 bridgehead atoms. The minimum absolute atomic E-state index is 0.0942. The monoisotopic (exact) mass is 341 g/mol. The first-order valence-electron chi connectivity index (χ1n) is 8.12. The SMILES string of the molecule is Cc1cc(C)cc(NC(=O)N[C@@H]2CC(=O)N(c3ccc(F)cc3)C2)c1. The number of hydrogen-bond donors (Lipinski definition) is 2. The quantitative estimate of drug-likeness (QED) is 0.899. The lowest BCUT2D eigenvalue weighted by Crippen LogP contribution is -2.39. The number of carbonyl (C=O) groups is 2. The molecule has 3 rings (SSSR count). The molecular formula is C19H20FN3O2. The van der Waals surface area contributed by atoms with Crippen molar-refractivity contribution in [3.05, 3.63) is 59.4 Å². The van der Waals surface area contributed by atoms with Crippen LogP contribution in [0.1, 0.15) is 17.5 Å². The van der Waals surface area contributed by atoms with Gasteiger partial charge in [-0.25, -0.2) is 9.18 Å². The Morgan fingerprint density at radius 3 is 2.40 bits per heavy atom. The number of amides is 3. The molecule has 0 spiro atoms. The molecular weight excluding hydrogens is 321 g/mol. The van der Waals surface area contributed by atoms with Crippen LogP contribution in [0, 0.1) is 19.7 Å². The molecule has 0 aromatic heterocycles. The molecule has 6 heteroatoms. The number of nitrogens with zero attached hydrogens (tertiary/aromatic N) is 1. The Morgan fingerprint density at radius 2 is 1.76 bits per heavy atom. The number of halogens is 1. The standard InChI is InChI=1S/C19H20FN3O2/c1-12-7-13(2)9-15(8-12)21-19(25)22-16-10-18(24)23(11-16)17-5-3-14(20)4-6-17/h3-9,16H,10-11H2,1-2H3,(H2,21,22,25)/t16-/m1/s1. The summed E-state index contributed by atoms with van der Waals surface area (Å²) in [5, 5.41) is 5.62. The fourth-order valence-electron chi connectivity index (χ4n) is 3.07. The number of benzene rings is 2. The maximum absolute atomic E-state index is 13.0. The molecule has 1 atom stereocenters. The molecule has 1 aliphatic rings. The van der Waals surface area contributed by atoms with Crippen molar-refractivity contribution >= 4 is 23.3 Å². The topological polar surface area (TPSA) is 61.4 Å². The zero-order valence-corrected chi connectivity index (χ0v) is 14.2. The van der Waals surface area contributed by atoms with E-state index in [9.17, 15) is 14.0 Å². The smallest absolute Gasteiger partial charge is 0.319 e. The molecule has 0 unspecified atom stereocenters. The van der Waals surface area contributed by atoms with Crippen molar-refractivity contribution in [2.24, 2.45) is 0 Å². The Kier molecular flexibility index (Phi) is 4.70. The van der Waals surface area contributed by atoms with Crippen LogP contribution in [0.25, 0.3) is 0 Å². The van der Waals surface area contributed by atoms with E-state index in [2.05, 4.69) is 10.6 Å². The van der Waals surface area contributed by atoms with Crippen LogP contribution in [0.2, 0.25) is 0 Å². The summed E-state index contributed by atoms with van der Waals surface area (Å²) in [6.45, 7) is 4.29. The van der Waals surface area contributed by atoms with Crippen molar-refractivity contribution in [2.75, 3.05) is 16.8 Å². The van der Waals surface area contributed by atoms with Gasteiger partial charge in [-0.2, -0.15) is 0 Å². The van der Waals surface area contributed by atoms with Crippen molar-refractivity contribution in [1.29, 1.82) is 0 Å². The minimum atomic E-state index is -0.349. The maximum Gasteiger partial charge on any atom is 0.319 e. The van der Waals surface area contributed by atoms with E-state index in [1.54, 1.807) is 17.0 Å². The van der Waals surface area contributed by atoms with Gasteiger partial charge in [-0.3, -0.25) is 4.79 Å². The molecule has 3 amide bonds. The molecule has 2 aromatic carbocycles. The highest BCUT2D eigenvalue weighted by Gasteiger charge is 2.31. The molecule has 5 nitrogen and oxygen atoms in total. The molecule has 2 N–H and O–H groups in total. The molecule has 25 heavy (non-hydrogen) atoms. The van der Waals surface area contributed by atoms with E-state index in [0.717, 1.165) is 16.8 Å². The van der Waals surface area contributed by atoms with Crippen molar-refractivity contribution in [3.8, 4) is 0 Å². The van der Waals surface area contributed by atoms with Gasteiger partial charge < -0.3 is 15.5 Å². The highest BCUT2D eigenvalue weighted by atomic mass is 19.1. The van der Waals surface area contributed by atoms with Gasteiger partial charge >= 0.3 is 6.03 Å². The number of anilines is 2. The highest BCUT2D eigenvalue weighted by Crippen LogP contribution is 2.22. The molecule has 1 saturated heterocycles. The molecule has 1 heterocycles. The normalized spacial score (nSPS) is 16.8. The Bertz CT molecular complexity index is 785. The van der Waals surface area contributed by atoms with Crippen molar-refractivity contribution in [2.45, 2.75) is 26.3 Å². The van der Waals surface area contributed by atoms with E-state index < -0.39 is 0 Å². The van der Waals surface area contributed by atoms with Gasteiger partial charge in [0.2, 0.25) is 5.91 Å². The average Bonchev–Trinajstić information content (AvgIpc) is 2.87. The van der Waals surface area contributed by atoms with Crippen molar-refractivity contribution in [3.63, 3.8) is 0 Å². The van der Waals surface area contributed by atoms with Crippen LogP contribution in [0.4, 0.5) is 20.6 Å². The lowest BCUT2D eigenvalue weighted by Gasteiger charge is -2.17. The Morgan fingerprint density at radius 1 is 1.12 bits per heavy atom. The summed E-state index contributed by atoms with van der Waals surface area (Å²) >= 11 is 0. The fourth-order valence-corrected chi connectivity index (χ4v) is 3.07. The Hall–Kier alpha value is -2.89. The second kappa shape index (κ2) is 6.93. The molecule has 0 radical (unpaired) electrons. The summed E-state index contributed by atoms with van der Waals surface area (Å²) in [4.78, 5) is 25.9. The third-order valence-electron chi connectivity index (χ3n) is 4.08. The predicted octanol–water partition coefficient (Wildman–Crippen LogP) is 3.37. The lowest BCUT2D eigenvalue weighted by molar-refractivity contribution is -0.117. The van der Waals surface area contributed by atoms with Crippen LogP contribution in [0.5, 0.6) is 0 Å². The number of aryl methyl sites for hydroxylation is 2. The third-order valence-corrected chi connectivity index (χ3v) is 4.08. The summed E-state index contributed by atoms with van der Waals surface area (Å²) in [5.41, 5.74) is 3.47. The summed E-state index contributed by atoms with van der Waals surface area (Å²) < 4.78 is 13.0. The van der Waals surface area contributed by atoms with Gasteiger partial charge in [-0.15, -0.1) is 0 Å². The van der Waals surface area contributed by atoms with E-state index in [-0.39, 0.29) is 30.2 Å². The second-order valence-corrected chi connectivity index (χ2v) is 6.36. The van der Waals surface area contributed by atoms with Crippen LogP contribution in [-0.4, -0.2) is 24.5 Å². The Labute approximate surface area is 145 Å². The maximum atomic E-state index is 13.0. The van der Waals surface area contributed by atoms with Crippen molar-refractivity contribution < 1.29 is 14.0 Å². The van der Waals surface area contributed by atoms with Gasteiger partial charge in [-0.05, 0) is 61.4 Å². The van der Waals surface area contributed by atoms with Crippen LogP contribution >= 0.6 is 0 Å². The zero-order valence-electron chi connectivity index (χ0n) is 14.2. The average molecular weight is 341 g/mol. The van der Waals surface area contributed by atoms with Crippen LogP contribution in [-0.2, 0) is 4.79 Å². The van der Waals surface area contributed by atoms with Gasteiger partial charge in [-0.1, -0.05) is 6.07 Å². The van der Waals surface area contributed by atoms with E-state index in [4.69, 9.17) is 0 Å². The van der Waals surface area contributed by atoms with Gasteiger partial charge in [0.25, 0.3) is 0 Å². The van der Waals surface area contributed by atoms with E-state index in [0.29, 0.717) is 12.2 Å². The van der Waals surface area contributed by atoms with Crippen molar-refractivity contribution in [1.82, 2.24) is 5.32 Å². The van der Waals surface area contributed by atoms with Gasteiger partial charge in [0.1, 0.15) is 5.82 Å². The van der Waals surface area contributed by atoms with E-state index in [1.807, 2.05) is 32.0 Å². The minimum Gasteiger partial charge on any atom is -0.333 e. The number of hydrogen-bond acceptors (Lipinski definition) is 2. The fraction of sp³-hybridized carbons (Fsp3) is 0.263. The van der Waals surface area contributed by atoms with Crippen LogP contribution in [0.15, 0.2) is 42.5 Å². The lowest BCUT2D eigenvalue weighted by atomic mass is 10.1. The zero-order chi connectivity index (χ0) is 18.0. The Balaban J connectivity index is 1.61. The number of urea groups is 1. The summed E-state index contributed by atoms with van der Waals surface area (Å²) in [7, 11) is 0. The predicted molar refractivity (Wildman–Crippen MR) is 95.2 cm³/mol. The number of carbonyl (C=O) groups excluding carboxylic acids is 2. The highest BCUT2D eigenvalue weighted by molar-refractivity contribution is 5.97. The molecule has 130 valence electrons. The summed E-state index contributed by atoms with van der Waals surface area (Å²) in [5.74, 6) is -0.443. The third kappa shape index (κ3) is 4.15. The summed E-state index contributed by atoms with van der Waals surface area (Å²) in [6, 6.07) is 10.9. The van der Waals surface area contributed by atoms with Gasteiger partial charge in [0.15, 0.2) is 0 Å². The molecule has 2 aromatic rings. The second-order valence-electron chi connectivity index (χ2n) is 6.36. The first-order chi connectivity index (χ1) is 11.9. The largest absolute Gasteiger partial charge is 0.333 e. The van der Waals surface area contributed by atoms with E-state index >= 15 is 0 Å². The van der Waals surface area contributed by atoms with Crippen LogP contribution in [0.3, 0.4) is 0 Å². The van der Waals surface area contributed by atoms with E-state index in [1.165, 1.54) is 12.1 Å². The molecule has 1 fully saturated rings. The summed E-state index contributed by atoms with van der Waals surface area (Å²) in [6.07, 6.45) is 0.220. The first kappa shape index (κ1) is 17.0. The van der Waals surface area contributed by atoms with Gasteiger partial charge in [0, 0.05) is 24.3 Å². The molecule has 1 aliphatic heterocycles. The van der Waals surface area contributed by atoms with Crippen LogP contribution < -0.4 is 15.5 Å². The number of nitrogens with one attached hydrogen (secondary N) is 2. The molecule has 0 aliphatic carbocycles.